The Morgan fingerprint density at radius 3 is 2.86 bits per heavy atom. The molecular formula is C16H23N3O2. The van der Waals surface area contributed by atoms with Crippen molar-refractivity contribution in [3.63, 3.8) is 0 Å². The van der Waals surface area contributed by atoms with Crippen molar-refractivity contribution >= 4 is 0 Å². The van der Waals surface area contributed by atoms with Crippen molar-refractivity contribution in [2.45, 2.75) is 26.9 Å². The summed E-state index contributed by atoms with van der Waals surface area (Å²) >= 11 is 0. The van der Waals surface area contributed by atoms with Crippen molar-refractivity contribution in [3.05, 3.63) is 42.0 Å². The average Bonchev–Trinajstić information content (AvgIpc) is 2.91. The van der Waals surface area contributed by atoms with Gasteiger partial charge in [-0.15, -0.1) is 0 Å². The lowest BCUT2D eigenvalue weighted by molar-refractivity contribution is 0.275. The molecule has 0 amide bonds. The second kappa shape index (κ2) is 7.69. The highest BCUT2D eigenvalue weighted by Crippen LogP contribution is 2.31. The standard InChI is InChI=1S/C16H23N3O2/c1-4-17-12-14-6-5-7-15(20-3)16(14)21-11-10-19-9-8-18-13(19)2/h5-9,17H,4,10-12H2,1-3H3. The number of methoxy groups -OCH3 is 1. The normalized spacial score (nSPS) is 10.6. The van der Waals surface area contributed by atoms with E-state index in [4.69, 9.17) is 9.47 Å². The quantitative estimate of drug-likeness (QED) is 0.810. The summed E-state index contributed by atoms with van der Waals surface area (Å²) in [6.45, 7) is 7.11. The van der Waals surface area contributed by atoms with Crippen molar-refractivity contribution in [2.24, 2.45) is 0 Å². The Hall–Kier alpha value is -2.01. The smallest absolute Gasteiger partial charge is 0.165 e. The Labute approximate surface area is 125 Å². The second-order valence-corrected chi connectivity index (χ2v) is 4.75. The van der Waals surface area contributed by atoms with E-state index in [1.54, 1.807) is 13.3 Å². The average molecular weight is 289 g/mol. The molecule has 2 rings (SSSR count). The van der Waals surface area contributed by atoms with Crippen LogP contribution in [-0.2, 0) is 13.1 Å². The highest BCUT2D eigenvalue weighted by atomic mass is 16.5. The van der Waals surface area contributed by atoms with Crippen molar-refractivity contribution in [2.75, 3.05) is 20.3 Å². The number of hydrogen-bond acceptors (Lipinski definition) is 4. The molecule has 0 radical (unpaired) electrons. The zero-order chi connectivity index (χ0) is 15.1. The first-order valence-electron chi connectivity index (χ1n) is 7.23. The van der Waals surface area contributed by atoms with E-state index in [-0.39, 0.29) is 0 Å². The molecule has 0 saturated heterocycles. The van der Waals surface area contributed by atoms with Gasteiger partial charge in [0.1, 0.15) is 12.4 Å². The topological polar surface area (TPSA) is 48.3 Å². The van der Waals surface area contributed by atoms with E-state index in [9.17, 15) is 0 Å². The third-order valence-electron chi connectivity index (χ3n) is 3.35. The van der Waals surface area contributed by atoms with E-state index in [2.05, 4.69) is 27.9 Å². The Bertz CT molecular complexity index is 566. The predicted molar refractivity (Wildman–Crippen MR) is 82.8 cm³/mol. The number of ether oxygens (including phenoxy) is 2. The van der Waals surface area contributed by atoms with Gasteiger partial charge in [0, 0.05) is 24.5 Å². The van der Waals surface area contributed by atoms with Crippen LogP contribution >= 0.6 is 0 Å². The summed E-state index contributed by atoms with van der Waals surface area (Å²) < 4.78 is 13.4. The molecule has 0 bridgehead atoms. The highest BCUT2D eigenvalue weighted by Gasteiger charge is 2.10. The predicted octanol–water partition coefficient (Wildman–Crippen LogP) is 2.39. The molecule has 0 unspecified atom stereocenters. The first kappa shape index (κ1) is 15.4. The Kier molecular flexibility index (Phi) is 5.63. The number of hydrogen-bond donors (Lipinski definition) is 1. The zero-order valence-electron chi connectivity index (χ0n) is 12.9. The van der Waals surface area contributed by atoms with Crippen LogP contribution in [0.2, 0.25) is 0 Å². The summed E-state index contributed by atoms with van der Waals surface area (Å²) in [7, 11) is 1.67. The molecule has 1 aromatic heterocycles. The van der Waals surface area contributed by atoms with Crippen LogP contribution in [0.25, 0.3) is 0 Å². The first-order chi connectivity index (χ1) is 10.3. The van der Waals surface area contributed by atoms with Gasteiger partial charge < -0.3 is 19.4 Å². The number of nitrogens with zero attached hydrogens (tertiary/aromatic N) is 2. The van der Waals surface area contributed by atoms with E-state index in [1.807, 2.05) is 25.3 Å². The van der Waals surface area contributed by atoms with E-state index in [0.29, 0.717) is 6.61 Å². The van der Waals surface area contributed by atoms with Crippen molar-refractivity contribution < 1.29 is 9.47 Å². The van der Waals surface area contributed by atoms with Crippen LogP contribution in [0.1, 0.15) is 18.3 Å². The first-order valence-corrected chi connectivity index (χ1v) is 7.23. The molecule has 5 nitrogen and oxygen atoms in total. The zero-order valence-corrected chi connectivity index (χ0v) is 12.9. The van der Waals surface area contributed by atoms with E-state index in [1.165, 1.54) is 0 Å². The van der Waals surface area contributed by atoms with Gasteiger partial charge in [-0.1, -0.05) is 19.1 Å². The third-order valence-corrected chi connectivity index (χ3v) is 3.35. The molecule has 1 N–H and O–H groups in total. The molecule has 21 heavy (non-hydrogen) atoms. The van der Waals surface area contributed by atoms with Crippen molar-refractivity contribution in [1.29, 1.82) is 0 Å². The summed E-state index contributed by atoms with van der Waals surface area (Å²) in [5, 5.41) is 3.32. The van der Waals surface area contributed by atoms with E-state index in [0.717, 1.165) is 42.5 Å². The summed E-state index contributed by atoms with van der Waals surface area (Å²) in [4.78, 5) is 4.21. The molecule has 0 aliphatic heterocycles. The Morgan fingerprint density at radius 2 is 2.19 bits per heavy atom. The number of aryl methyl sites for hydroxylation is 1. The molecule has 0 atom stereocenters. The molecule has 114 valence electrons. The van der Waals surface area contributed by atoms with Crippen LogP contribution in [0.15, 0.2) is 30.6 Å². The van der Waals surface area contributed by atoms with Crippen LogP contribution in [-0.4, -0.2) is 29.8 Å². The van der Waals surface area contributed by atoms with Gasteiger partial charge in [-0.05, 0) is 19.5 Å². The van der Waals surface area contributed by atoms with Crippen LogP contribution < -0.4 is 14.8 Å². The van der Waals surface area contributed by atoms with Gasteiger partial charge in [-0.3, -0.25) is 0 Å². The number of aromatic nitrogens is 2. The number of para-hydroxylation sites is 1. The third kappa shape index (κ3) is 3.98. The number of benzene rings is 1. The second-order valence-electron chi connectivity index (χ2n) is 4.75. The molecule has 0 fully saturated rings. The van der Waals surface area contributed by atoms with Gasteiger partial charge >= 0.3 is 0 Å². The fourth-order valence-corrected chi connectivity index (χ4v) is 2.17. The summed E-state index contributed by atoms with van der Waals surface area (Å²) in [6, 6.07) is 5.97. The van der Waals surface area contributed by atoms with Crippen molar-refractivity contribution in [1.82, 2.24) is 14.9 Å². The lowest BCUT2D eigenvalue weighted by Crippen LogP contribution is -2.15. The summed E-state index contributed by atoms with van der Waals surface area (Å²) in [5.41, 5.74) is 1.11. The van der Waals surface area contributed by atoms with Crippen LogP contribution in [0.4, 0.5) is 0 Å². The molecule has 1 aromatic carbocycles. The van der Waals surface area contributed by atoms with Crippen LogP contribution in [0.5, 0.6) is 11.5 Å². The maximum Gasteiger partial charge on any atom is 0.165 e. The largest absolute Gasteiger partial charge is 0.493 e. The van der Waals surface area contributed by atoms with Gasteiger partial charge in [0.25, 0.3) is 0 Å². The van der Waals surface area contributed by atoms with Gasteiger partial charge in [0.2, 0.25) is 0 Å². The maximum atomic E-state index is 5.97. The van der Waals surface area contributed by atoms with E-state index >= 15 is 0 Å². The molecular weight excluding hydrogens is 266 g/mol. The molecule has 0 spiro atoms. The summed E-state index contributed by atoms with van der Waals surface area (Å²) in [5.74, 6) is 2.58. The van der Waals surface area contributed by atoms with Crippen LogP contribution in [0, 0.1) is 6.92 Å². The van der Waals surface area contributed by atoms with Gasteiger partial charge in [-0.25, -0.2) is 4.98 Å². The molecule has 1 heterocycles. The number of rotatable bonds is 8. The SMILES string of the molecule is CCNCc1cccc(OC)c1OCCn1ccnc1C. The van der Waals surface area contributed by atoms with E-state index < -0.39 is 0 Å². The minimum atomic E-state index is 0.580. The lowest BCUT2D eigenvalue weighted by Gasteiger charge is -2.15. The van der Waals surface area contributed by atoms with Gasteiger partial charge in [0.15, 0.2) is 11.5 Å². The number of nitrogens with one attached hydrogen (secondary N) is 1. The highest BCUT2D eigenvalue weighted by molar-refractivity contribution is 5.46. The fraction of sp³-hybridized carbons (Fsp3) is 0.438. The number of imidazole rings is 1. The lowest BCUT2D eigenvalue weighted by atomic mass is 10.2. The molecule has 0 aliphatic carbocycles. The van der Waals surface area contributed by atoms with Crippen molar-refractivity contribution in [3.8, 4) is 11.5 Å². The van der Waals surface area contributed by atoms with Gasteiger partial charge in [0.05, 0.1) is 13.7 Å². The molecule has 0 aliphatic rings. The minimum absolute atomic E-state index is 0.580. The molecule has 2 aromatic rings. The summed E-state index contributed by atoms with van der Waals surface area (Å²) in [6.07, 6.45) is 3.76. The monoisotopic (exact) mass is 289 g/mol. The molecule has 5 heteroatoms. The maximum absolute atomic E-state index is 5.97. The van der Waals surface area contributed by atoms with Crippen LogP contribution in [0.3, 0.4) is 0 Å². The van der Waals surface area contributed by atoms with Gasteiger partial charge in [-0.2, -0.15) is 0 Å². The molecule has 0 saturated carbocycles. The Morgan fingerprint density at radius 1 is 1.33 bits per heavy atom. The minimum Gasteiger partial charge on any atom is -0.493 e. The Balaban J connectivity index is 2.04. The fourth-order valence-electron chi connectivity index (χ4n) is 2.17.